The van der Waals surface area contributed by atoms with Gasteiger partial charge in [0.1, 0.15) is 17.3 Å². The summed E-state index contributed by atoms with van der Waals surface area (Å²) in [6.45, 7) is -0.0506. The minimum absolute atomic E-state index is 0.0506. The highest BCUT2D eigenvalue weighted by Crippen LogP contribution is 2.34. The van der Waals surface area contributed by atoms with Crippen molar-refractivity contribution in [2.24, 2.45) is 0 Å². The van der Waals surface area contributed by atoms with Crippen LogP contribution in [0.1, 0.15) is 21.6 Å². The molecule has 28 heavy (non-hydrogen) atoms. The third-order valence-corrected chi connectivity index (χ3v) is 3.99. The maximum Gasteiger partial charge on any atom is 0.434 e. The van der Waals surface area contributed by atoms with Gasteiger partial charge in [0.25, 0.3) is 5.91 Å². The predicted molar refractivity (Wildman–Crippen MR) is 92.7 cm³/mol. The second-order valence-corrected chi connectivity index (χ2v) is 5.76. The molecule has 5 nitrogen and oxygen atoms in total. The molecule has 0 saturated heterocycles. The Kier molecular flexibility index (Phi) is 5.34. The van der Waals surface area contributed by atoms with Crippen molar-refractivity contribution in [1.82, 2.24) is 15.1 Å². The zero-order valence-corrected chi connectivity index (χ0v) is 14.6. The first-order valence-corrected chi connectivity index (χ1v) is 8.13. The SMILES string of the molecule is COc1ccccc1CNC(=O)c1cnn(-c2ccccc2F)c1C(F)(F)F. The average molecular weight is 393 g/mol. The Balaban J connectivity index is 1.94. The van der Waals surface area contributed by atoms with Crippen LogP contribution in [0.5, 0.6) is 5.75 Å². The molecule has 3 aromatic rings. The van der Waals surface area contributed by atoms with Gasteiger partial charge in [-0.2, -0.15) is 18.3 Å². The van der Waals surface area contributed by atoms with Crippen LogP contribution in [0, 0.1) is 5.82 Å². The minimum atomic E-state index is -4.92. The van der Waals surface area contributed by atoms with Crippen LogP contribution < -0.4 is 10.1 Å². The van der Waals surface area contributed by atoms with Gasteiger partial charge in [-0.15, -0.1) is 0 Å². The van der Waals surface area contributed by atoms with Gasteiger partial charge in [-0.25, -0.2) is 9.07 Å². The fraction of sp³-hybridized carbons (Fsp3) is 0.158. The van der Waals surface area contributed by atoms with Gasteiger partial charge in [0.2, 0.25) is 0 Å². The van der Waals surface area contributed by atoms with Crippen molar-refractivity contribution >= 4 is 5.91 Å². The van der Waals surface area contributed by atoms with E-state index in [9.17, 15) is 22.4 Å². The molecule has 0 atom stereocenters. The number of hydrogen-bond acceptors (Lipinski definition) is 3. The Morgan fingerprint density at radius 2 is 1.82 bits per heavy atom. The van der Waals surface area contributed by atoms with Crippen LogP contribution in [-0.2, 0) is 12.7 Å². The summed E-state index contributed by atoms with van der Waals surface area (Å²) < 4.78 is 60.3. The molecule has 9 heteroatoms. The van der Waals surface area contributed by atoms with Crippen LogP contribution in [0.25, 0.3) is 5.69 Å². The van der Waals surface area contributed by atoms with E-state index in [1.807, 2.05) is 0 Å². The van der Waals surface area contributed by atoms with E-state index in [0.717, 1.165) is 18.3 Å². The molecule has 1 aromatic heterocycles. The molecule has 0 unspecified atom stereocenters. The lowest BCUT2D eigenvalue weighted by Crippen LogP contribution is -2.26. The van der Waals surface area contributed by atoms with Crippen LogP contribution in [0.15, 0.2) is 54.7 Å². The number of carbonyl (C=O) groups excluding carboxylic acids is 1. The van der Waals surface area contributed by atoms with E-state index in [1.165, 1.54) is 19.2 Å². The Hall–Kier alpha value is -3.36. The van der Waals surface area contributed by atoms with Gasteiger partial charge in [0, 0.05) is 12.1 Å². The summed E-state index contributed by atoms with van der Waals surface area (Å²) in [5.41, 5.74) is -1.87. The van der Waals surface area contributed by atoms with Crippen LogP contribution in [0.2, 0.25) is 0 Å². The lowest BCUT2D eigenvalue weighted by atomic mass is 10.1. The van der Waals surface area contributed by atoms with Crippen molar-refractivity contribution in [2.45, 2.75) is 12.7 Å². The predicted octanol–water partition coefficient (Wildman–Crippen LogP) is 3.97. The molecule has 0 radical (unpaired) electrons. The zero-order valence-electron chi connectivity index (χ0n) is 14.6. The van der Waals surface area contributed by atoms with Gasteiger partial charge < -0.3 is 10.1 Å². The Morgan fingerprint density at radius 3 is 2.50 bits per heavy atom. The van der Waals surface area contributed by atoms with E-state index in [-0.39, 0.29) is 6.54 Å². The topological polar surface area (TPSA) is 56.1 Å². The number of ether oxygens (including phenoxy) is 1. The van der Waals surface area contributed by atoms with Gasteiger partial charge in [0.15, 0.2) is 5.69 Å². The number of halogens is 4. The number of alkyl halides is 3. The van der Waals surface area contributed by atoms with Gasteiger partial charge in [-0.3, -0.25) is 4.79 Å². The lowest BCUT2D eigenvalue weighted by Gasteiger charge is -2.14. The highest BCUT2D eigenvalue weighted by Gasteiger charge is 2.41. The monoisotopic (exact) mass is 393 g/mol. The number of rotatable bonds is 5. The van der Waals surface area contributed by atoms with Crippen molar-refractivity contribution in [2.75, 3.05) is 7.11 Å². The van der Waals surface area contributed by atoms with E-state index >= 15 is 0 Å². The molecule has 2 aromatic carbocycles. The first kappa shape index (κ1) is 19.4. The van der Waals surface area contributed by atoms with E-state index in [0.29, 0.717) is 16.0 Å². The number of aromatic nitrogens is 2. The maximum absolute atomic E-state index is 14.0. The summed E-state index contributed by atoms with van der Waals surface area (Å²) in [6, 6.07) is 11.7. The normalized spacial score (nSPS) is 11.3. The second kappa shape index (κ2) is 7.71. The number of methoxy groups -OCH3 is 1. The van der Waals surface area contributed by atoms with Crippen LogP contribution >= 0.6 is 0 Å². The summed E-state index contributed by atoms with van der Waals surface area (Å²) in [6.07, 6.45) is -4.15. The van der Waals surface area contributed by atoms with E-state index in [4.69, 9.17) is 4.74 Å². The van der Waals surface area contributed by atoms with Gasteiger partial charge in [0.05, 0.1) is 18.9 Å². The fourth-order valence-corrected chi connectivity index (χ4v) is 2.71. The number of nitrogens with one attached hydrogen (secondary N) is 1. The molecule has 0 aliphatic carbocycles. The Morgan fingerprint density at radius 1 is 1.14 bits per heavy atom. The Bertz CT molecular complexity index is 999. The number of hydrogen-bond donors (Lipinski definition) is 1. The zero-order chi connectivity index (χ0) is 20.3. The van der Waals surface area contributed by atoms with Crippen molar-refractivity contribution in [3.8, 4) is 11.4 Å². The highest BCUT2D eigenvalue weighted by molar-refractivity contribution is 5.95. The summed E-state index contributed by atoms with van der Waals surface area (Å²) in [5, 5.41) is 6.01. The molecule has 0 spiro atoms. The van der Waals surface area contributed by atoms with Crippen molar-refractivity contribution in [1.29, 1.82) is 0 Å². The van der Waals surface area contributed by atoms with Crippen molar-refractivity contribution in [3.05, 3.63) is 77.4 Å². The standard InChI is InChI=1S/C19H15F4N3O2/c1-28-16-9-5-2-6-12(16)10-24-18(27)13-11-25-26(17(13)19(21,22)23)15-8-4-3-7-14(15)20/h2-9,11H,10H2,1H3,(H,24,27). The maximum atomic E-state index is 14.0. The number of para-hydroxylation sites is 2. The fourth-order valence-electron chi connectivity index (χ4n) is 2.71. The minimum Gasteiger partial charge on any atom is -0.496 e. The molecular weight excluding hydrogens is 378 g/mol. The molecule has 0 aliphatic rings. The molecule has 0 fully saturated rings. The van der Waals surface area contributed by atoms with Crippen molar-refractivity contribution in [3.63, 3.8) is 0 Å². The van der Waals surface area contributed by atoms with Crippen LogP contribution in [0.4, 0.5) is 17.6 Å². The molecule has 3 rings (SSSR count). The third kappa shape index (κ3) is 3.83. The number of benzene rings is 2. The third-order valence-electron chi connectivity index (χ3n) is 3.99. The molecule has 0 bridgehead atoms. The number of amides is 1. The van der Waals surface area contributed by atoms with Crippen LogP contribution in [0.3, 0.4) is 0 Å². The molecule has 1 heterocycles. The van der Waals surface area contributed by atoms with E-state index < -0.39 is 34.8 Å². The smallest absolute Gasteiger partial charge is 0.434 e. The first-order valence-electron chi connectivity index (χ1n) is 8.13. The molecular formula is C19H15F4N3O2. The largest absolute Gasteiger partial charge is 0.496 e. The second-order valence-electron chi connectivity index (χ2n) is 5.76. The van der Waals surface area contributed by atoms with Gasteiger partial charge >= 0.3 is 6.18 Å². The van der Waals surface area contributed by atoms with Crippen molar-refractivity contribution < 1.29 is 27.1 Å². The average Bonchev–Trinajstić information content (AvgIpc) is 3.12. The molecule has 0 saturated carbocycles. The quantitative estimate of drug-likeness (QED) is 0.668. The summed E-state index contributed by atoms with van der Waals surface area (Å²) in [4.78, 5) is 12.4. The molecule has 0 aliphatic heterocycles. The Labute approximate surface area is 157 Å². The summed E-state index contributed by atoms with van der Waals surface area (Å²) >= 11 is 0. The first-order chi connectivity index (χ1) is 13.3. The highest BCUT2D eigenvalue weighted by atomic mass is 19.4. The van der Waals surface area contributed by atoms with Gasteiger partial charge in [-0.05, 0) is 18.2 Å². The molecule has 146 valence electrons. The molecule has 1 N–H and O–H groups in total. The number of nitrogens with zero attached hydrogens (tertiary/aromatic N) is 2. The summed E-state index contributed by atoms with van der Waals surface area (Å²) in [5.74, 6) is -1.39. The number of carbonyl (C=O) groups is 1. The lowest BCUT2D eigenvalue weighted by molar-refractivity contribution is -0.143. The van der Waals surface area contributed by atoms with E-state index in [1.54, 1.807) is 24.3 Å². The molecule has 1 amide bonds. The van der Waals surface area contributed by atoms with Crippen LogP contribution in [-0.4, -0.2) is 22.8 Å². The van der Waals surface area contributed by atoms with Gasteiger partial charge in [-0.1, -0.05) is 30.3 Å². The van der Waals surface area contributed by atoms with E-state index in [2.05, 4.69) is 10.4 Å². The summed E-state index contributed by atoms with van der Waals surface area (Å²) in [7, 11) is 1.45.